The molecule has 1 N–H and O–H groups in total. The van der Waals surface area contributed by atoms with Gasteiger partial charge in [0, 0.05) is 19.8 Å². The number of benzene rings is 1. The van der Waals surface area contributed by atoms with Crippen molar-refractivity contribution >= 4 is 0 Å². The van der Waals surface area contributed by atoms with Gasteiger partial charge in [-0.05, 0) is 37.8 Å². The van der Waals surface area contributed by atoms with Gasteiger partial charge in [0.2, 0.25) is 0 Å². The lowest BCUT2D eigenvalue weighted by atomic mass is 9.91. The summed E-state index contributed by atoms with van der Waals surface area (Å²) < 4.78 is 5.19. The van der Waals surface area contributed by atoms with Crippen molar-refractivity contribution in [2.45, 2.75) is 39.7 Å². The summed E-state index contributed by atoms with van der Waals surface area (Å²) in [6, 6.07) is 9.30. The molecule has 1 aromatic rings. The van der Waals surface area contributed by atoms with Crippen LogP contribution in [0.25, 0.3) is 0 Å². The van der Waals surface area contributed by atoms with Gasteiger partial charge in [0.05, 0.1) is 0 Å². The van der Waals surface area contributed by atoms with Crippen LogP contribution in [-0.4, -0.2) is 20.3 Å². The monoisotopic (exact) mass is 249 g/mol. The molecule has 0 saturated carbocycles. The Kier molecular flexibility index (Phi) is 6.99. The van der Waals surface area contributed by atoms with Crippen LogP contribution >= 0.6 is 0 Å². The highest BCUT2D eigenvalue weighted by Gasteiger charge is 2.18. The summed E-state index contributed by atoms with van der Waals surface area (Å²) in [6.07, 6.45) is 2.26. The summed E-state index contributed by atoms with van der Waals surface area (Å²) in [6.45, 7) is 8.53. The molecule has 0 fully saturated rings. The minimum Gasteiger partial charge on any atom is -0.385 e. The van der Waals surface area contributed by atoms with Crippen molar-refractivity contribution in [3.8, 4) is 0 Å². The summed E-state index contributed by atoms with van der Waals surface area (Å²) >= 11 is 0. The fraction of sp³-hybridized carbons (Fsp3) is 0.625. The quantitative estimate of drug-likeness (QED) is 0.758. The maximum Gasteiger partial charge on any atom is 0.0465 e. The number of hydrogen-bond acceptors (Lipinski definition) is 2. The fourth-order valence-electron chi connectivity index (χ4n) is 2.19. The molecule has 0 aliphatic heterocycles. The van der Waals surface area contributed by atoms with E-state index in [4.69, 9.17) is 4.74 Å². The molecular formula is C16H27NO. The van der Waals surface area contributed by atoms with Crippen LogP contribution in [0.15, 0.2) is 24.3 Å². The normalized spacial score (nSPS) is 14.4. The second-order valence-corrected chi connectivity index (χ2v) is 5.10. The third kappa shape index (κ3) is 4.79. The van der Waals surface area contributed by atoms with E-state index >= 15 is 0 Å². The molecule has 0 aliphatic rings. The Hall–Kier alpha value is -0.860. The summed E-state index contributed by atoms with van der Waals surface area (Å²) in [5.41, 5.74) is 2.70. The van der Waals surface area contributed by atoms with Gasteiger partial charge in [-0.1, -0.05) is 43.7 Å². The van der Waals surface area contributed by atoms with Crippen molar-refractivity contribution in [3.05, 3.63) is 35.4 Å². The minimum absolute atomic E-state index is 0.431. The number of ether oxygens (including phenoxy) is 1. The van der Waals surface area contributed by atoms with E-state index in [1.165, 1.54) is 17.5 Å². The van der Waals surface area contributed by atoms with Crippen LogP contribution in [0, 0.1) is 12.8 Å². The van der Waals surface area contributed by atoms with Crippen LogP contribution in [0.5, 0.6) is 0 Å². The van der Waals surface area contributed by atoms with Gasteiger partial charge in [0.25, 0.3) is 0 Å². The molecule has 1 rings (SSSR count). The zero-order chi connectivity index (χ0) is 13.4. The molecule has 0 aliphatic carbocycles. The average molecular weight is 249 g/mol. The van der Waals surface area contributed by atoms with Crippen LogP contribution in [0.2, 0.25) is 0 Å². The maximum atomic E-state index is 5.19. The molecule has 18 heavy (non-hydrogen) atoms. The zero-order valence-corrected chi connectivity index (χ0v) is 12.2. The molecule has 0 saturated heterocycles. The van der Waals surface area contributed by atoms with E-state index in [1.54, 1.807) is 7.11 Å². The van der Waals surface area contributed by atoms with Crippen LogP contribution in [-0.2, 0) is 4.74 Å². The lowest BCUT2D eigenvalue weighted by Gasteiger charge is -2.25. The van der Waals surface area contributed by atoms with Crippen molar-refractivity contribution in [3.63, 3.8) is 0 Å². The second kappa shape index (κ2) is 8.28. The fourth-order valence-corrected chi connectivity index (χ4v) is 2.19. The minimum atomic E-state index is 0.431. The van der Waals surface area contributed by atoms with E-state index in [-0.39, 0.29) is 0 Å². The molecule has 2 atom stereocenters. The van der Waals surface area contributed by atoms with E-state index in [0.717, 1.165) is 19.6 Å². The Bertz CT molecular complexity index is 320. The van der Waals surface area contributed by atoms with Crippen LogP contribution in [0.1, 0.15) is 43.9 Å². The Morgan fingerprint density at radius 1 is 1.22 bits per heavy atom. The van der Waals surface area contributed by atoms with Crippen molar-refractivity contribution in [1.82, 2.24) is 5.32 Å². The van der Waals surface area contributed by atoms with Gasteiger partial charge in [0.1, 0.15) is 0 Å². The smallest absolute Gasteiger partial charge is 0.0465 e. The predicted molar refractivity (Wildman–Crippen MR) is 77.9 cm³/mol. The average Bonchev–Trinajstić information content (AvgIpc) is 2.38. The molecule has 2 heteroatoms. The first-order valence-electron chi connectivity index (χ1n) is 6.98. The van der Waals surface area contributed by atoms with Gasteiger partial charge < -0.3 is 10.1 Å². The Morgan fingerprint density at radius 2 is 1.89 bits per heavy atom. The number of nitrogens with one attached hydrogen (secondary N) is 1. The lowest BCUT2D eigenvalue weighted by molar-refractivity contribution is 0.170. The van der Waals surface area contributed by atoms with Gasteiger partial charge >= 0.3 is 0 Å². The summed E-state index contributed by atoms with van der Waals surface area (Å²) in [5.74, 6) is 0.583. The van der Waals surface area contributed by atoms with E-state index < -0.39 is 0 Å². The third-order valence-electron chi connectivity index (χ3n) is 3.40. The number of aryl methyl sites for hydroxylation is 1. The topological polar surface area (TPSA) is 21.3 Å². The van der Waals surface area contributed by atoms with Crippen LogP contribution in [0.3, 0.4) is 0 Å². The highest BCUT2D eigenvalue weighted by Crippen LogP contribution is 2.24. The van der Waals surface area contributed by atoms with Crippen molar-refractivity contribution in [2.24, 2.45) is 5.92 Å². The molecule has 2 unspecified atom stereocenters. The van der Waals surface area contributed by atoms with Gasteiger partial charge in [-0.15, -0.1) is 0 Å². The lowest BCUT2D eigenvalue weighted by Crippen LogP contribution is -2.28. The SMILES string of the molecule is CCCNC(c1ccc(C)cc1)C(C)CCOC. The number of hydrogen-bond donors (Lipinski definition) is 1. The van der Waals surface area contributed by atoms with E-state index in [9.17, 15) is 0 Å². The summed E-state index contributed by atoms with van der Waals surface area (Å²) in [5, 5.41) is 3.66. The van der Waals surface area contributed by atoms with Crippen molar-refractivity contribution in [1.29, 1.82) is 0 Å². The predicted octanol–water partition coefficient (Wildman–Crippen LogP) is 3.71. The van der Waals surface area contributed by atoms with Gasteiger partial charge in [-0.3, -0.25) is 0 Å². The molecule has 0 amide bonds. The Labute approximate surface area is 112 Å². The second-order valence-electron chi connectivity index (χ2n) is 5.10. The number of methoxy groups -OCH3 is 1. The molecule has 2 nitrogen and oxygen atoms in total. The molecule has 1 aromatic carbocycles. The number of rotatable bonds is 8. The van der Waals surface area contributed by atoms with Crippen LogP contribution in [0.4, 0.5) is 0 Å². The van der Waals surface area contributed by atoms with E-state index in [0.29, 0.717) is 12.0 Å². The maximum absolute atomic E-state index is 5.19. The van der Waals surface area contributed by atoms with E-state index in [2.05, 4.69) is 50.4 Å². The standard InChI is InChI=1S/C16H27NO/c1-5-11-17-16(14(3)10-12-18-4)15-8-6-13(2)7-9-15/h6-9,14,16-17H,5,10-12H2,1-4H3. The Morgan fingerprint density at radius 3 is 2.44 bits per heavy atom. The summed E-state index contributed by atoms with van der Waals surface area (Å²) in [7, 11) is 1.77. The summed E-state index contributed by atoms with van der Waals surface area (Å²) in [4.78, 5) is 0. The van der Waals surface area contributed by atoms with Crippen molar-refractivity contribution < 1.29 is 4.74 Å². The van der Waals surface area contributed by atoms with Gasteiger partial charge in [-0.2, -0.15) is 0 Å². The first-order chi connectivity index (χ1) is 8.69. The first kappa shape index (κ1) is 15.2. The molecule has 0 heterocycles. The largest absolute Gasteiger partial charge is 0.385 e. The zero-order valence-electron chi connectivity index (χ0n) is 12.2. The highest BCUT2D eigenvalue weighted by molar-refractivity contribution is 5.24. The van der Waals surface area contributed by atoms with Crippen LogP contribution < -0.4 is 5.32 Å². The molecule has 0 bridgehead atoms. The molecular weight excluding hydrogens is 222 g/mol. The van der Waals surface area contributed by atoms with E-state index in [1.807, 2.05) is 0 Å². The molecule has 0 radical (unpaired) electrons. The van der Waals surface area contributed by atoms with Gasteiger partial charge in [-0.25, -0.2) is 0 Å². The molecule has 0 aromatic heterocycles. The van der Waals surface area contributed by atoms with Crippen molar-refractivity contribution in [2.75, 3.05) is 20.3 Å². The van der Waals surface area contributed by atoms with Gasteiger partial charge in [0.15, 0.2) is 0 Å². The Balaban J connectivity index is 2.73. The first-order valence-corrected chi connectivity index (χ1v) is 6.98. The molecule has 0 spiro atoms. The highest BCUT2D eigenvalue weighted by atomic mass is 16.5. The molecule has 102 valence electrons. The third-order valence-corrected chi connectivity index (χ3v) is 3.40.